The van der Waals surface area contributed by atoms with Crippen LogP contribution in [0.15, 0.2) is 48.5 Å². The third-order valence-electron chi connectivity index (χ3n) is 3.87. The standard InChI is InChI=1S/C19H25NO/c1-14(2)16-6-10-19(11-7-16)21-13-12-15(3)17-4-8-18(20)9-5-17/h4-11,14-15H,12-13,20H2,1-3H3/t15-/m1/s1. The molecule has 2 aromatic rings. The van der Waals surface area contributed by atoms with Crippen LogP contribution in [0.4, 0.5) is 5.69 Å². The second kappa shape index (κ2) is 7.16. The van der Waals surface area contributed by atoms with Crippen LogP contribution in [-0.4, -0.2) is 6.61 Å². The van der Waals surface area contributed by atoms with E-state index in [-0.39, 0.29) is 0 Å². The van der Waals surface area contributed by atoms with Gasteiger partial charge in [-0.05, 0) is 53.6 Å². The molecule has 2 rings (SSSR count). The maximum atomic E-state index is 5.83. The van der Waals surface area contributed by atoms with Gasteiger partial charge in [-0.2, -0.15) is 0 Å². The van der Waals surface area contributed by atoms with Gasteiger partial charge in [-0.3, -0.25) is 0 Å². The maximum Gasteiger partial charge on any atom is 0.119 e. The quantitative estimate of drug-likeness (QED) is 0.760. The molecule has 1 atom stereocenters. The van der Waals surface area contributed by atoms with Gasteiger partial charge in [-0.1, -0.05) is 45.0 Å². The third-order valence-corrected chi connectivity index (χ3v) is 3.87. The van der Waals surface area contributed by atoms with E-state index in [1.165, 1.54) is 11.1 Å². The number of hydrogen-bond acceptors (Lipinski definition) is 2. The molecule has 0 saturated carbocycles. The zero-order chi connectivity index (χ0) is 15.2. The van der Waals surface area contributed by atoms with E-state index in [0.717, 1.165) is 24.5 Å². The number of ether oxygens (including phenoxy) is 1. The molecule has 2 nitrogen and oxygen atoms in total. The van der Waals surface area contributed by atoms with Crippen LogP contribution >= 0.6 is 0 Å². The molecule has 21 heavy (non-hydrogen) atoms. The van der Waals surface area contributed by atoms with Crippen molar-refractivity contribution in [3.05, 3.63) is 59.7 Å². The van der Waals surface area contributed by atoms with Gasteiger partial charge in [-0.25, -0.2) is 0 Å². The molecule has 0 unspecified atom stereocenters. The fraction of sp³-hybridized carbons (Fsp3) is 0.368. The summed E-state index contributed by atoms with van der Waals surface area (Å²) in [6.07, 6.45) is 0.996. The number of nitrogen functional groups attached to an aromatic ring is 1. The number of hydrogen-bond donors (Lipinski definition) is 1. The molecule has 2 heteroatoms. The number of rotatable bonds is 6. The van der Waals surface area contributed by atoms with Crippen molar-refractivity contribution in [2.24, 2.45) is 0 Å². The minimum atomic E-state index is 0.473. The summed E-state index contributed by atoms with van der Waals surface area (Å²) in [6, 6.07) is 16.5. The Hall–Kier alpha value is -1.96. The molecule has 0 spiro atoms. The monoisotopic (exact) mass is 283 g/mol. The van der Waals surface area contributed by atoms with Gasteiger partial charge < -0.3 is 10.5 Å². The topological polar surface area (TPSA) is 35.2 Å². The van der Waals surface area contributed by atoms with E-state index >= 15 is 0 Å². The summed E-state index contributed by atoms with van der Waals surface area (Å²) < 4.78 is 5.83. The Kier molecular flexibility index (Phi) is 5.26. The van der Waals surface area contributed by atoms with Gasteiger partial charge in [0, 0.05) is 5.69 Å². The molecule has 112 valence electrons. The summed E-state index contributed by atoms with van der Waals surface area (Å²) >= 11 is 0. The normalized spacial score (nSPS) is 12.4. The van der Waals surface area contributed by atoms with Gasteiger partial charge in [0.1, 0.15) is 5.75 Å². The predicted molar refractivity (Wildman–Crippen MR) is 89.9 cm³/mol. The highest BCUT2D eigenvalue weighted by atomic mass is 16.5. The summed E-state index contributed by atoms with van der Waals surface area (Å²) in [6.45, 7) is 7.34. The molecule has 0 saturated heterocycles. The zero-order valence-corrected chi connectivity index (χ0v) is 13.2. The molecule has 2 aromatic carbocycles. The van der Waals surface area contributed by atoms with E-state index in [0.29, 0.717) is 11.8 Å². The predicted octanol–water partition coefficient (Wildman–Crippen LogP) is 4.96. The average molecular weight is 283 g/mol. The molecule has 0 aromatic heterocycles. The van der Waals surface area contributed by atoms with Gasteiger partial charge in [0.2, 0.25) is 0 Å². The van der Waals surface area contributed by atoms with E-state index in [2.05, 4.69) is 57.2 Å². The highest BCUT2D eigenvalue weighted by molar-refractivity contribution is 5.40. The van der Waals surface area contributed by atoms with Gasteiger partial charge >= 0.3 is 0 Å². The summed E-state index contributed by atoms with van der Waals surface area (Å²) in [5.41, 5.74) is 9.18. The molecule has 0 radical (unpaired) electrons. The third kappa shape index (κ3) is 4.52. The summed E-state index contributed by atoms with van der Waals surface area (Å²) in [4.78, 5) is 0. The SMILES string of the molecule is CC(C)c1ccc(OCC[C@@H](C)c2ccc(N)cc2)cc1. The van der Waals surface area contributed by atoms with Crippen LogP contribution in [0.3, 0.4) is 0 Å². The van der Waals surface area contributed by atoms with Crippen LogP contribution in [-0.2, 0) is 0 Å². The first-order valence-corrected chi connectivity index (χ1v) is 7.64. The Morgan fingerprint density at radius 2 is 1.43 bits per heavy atom. The Morgan fingerprint density at radius 3 is 2.00 bits per heavy atom. The van der Waals surface area contributed by atoms with Crippen LogP contribution in [0, 0.1) is 0 Å². The number of anilines is 1. The molecule has 0 heterocycles. The Morgan fingerprint density at radius 1 is 0.857 bits per heavy atom. The lowest BCUT2D eigenvalue weighted by Crippen LogP contribution is -2.03. The van der Waals surface area contributed by atoms with Crippen LogP contribution < -0.4 is 10.5 Å². The van der Waals surface area contributed by atoms with Crippen molar-refractivity contribution in [1.82, 2.24) is 0 Å². The smallest absolute Gasteiger partial charge is 0.119 e. The summed E-state index contributed by atoms with van der Waals surface area (Å²) in [7, 11) is 0. The lowest BCUT2D eigenvalue weighted by atomic mass is 9.98. The molecule has 0 aliphatic carbocycles. The fourth-order valence-corrected chi connectivity index (χ4v) is 2.29. The largest absolute Gasteiger partial charge is 0.494 e. The van der Waals surface area contributed by atoms with Gasteiger partial charge in [0.25, 0.3) is 0 Å². The van der Waals surface area contributed by atoms with Crippen LogP contribution in [0.2, 0.25) is 0 Å². The lowest BCUT2D eigenvalue weighted by Gasteiger charge is -2.13. The van der Waals surface area contributed by atoms with Gasteiger partial charge in [0.05, 0.1) is 6.61 Å². The first-order chi connectivity index (χ1) is 10.1. The first kappa shape index (κ1) is 15.4. The molecule has 0 amide bonds. The minimum Gasteiger partial charge on any atom is -0.494 e. The van der Waals surface area contributed by atoms with E-state index in [1.807, 2.05) is 12.1 Å². The maximum absolute atomic E-state index is 5.83. The molecule has 0 aliphatic rings. The van der Waals surface area contributed by atoms with Crippen molar-refractivity contribution in [1.29, 1.82) is 0 Å². The second-order valence-corrected chi connectivity index (χ2v) is 5.93. The van der Waals surface area contributed by atoms with Crippen molar-refractivity contribution >= 4 is 5.69 Å². The number of benzene rings is 2. The number of nitrogens with two attached hydrogens (primary N) is 1. The van der Waals surface area contributed by atoms with E-state index < -0.39 is 0 Å². The van der Waals surface area contributed by atoms with Crippen molar-refractivity contribution in [2.45, 2.75) is 39.0 Å². The zero-order valence-electron chi connectivity index (χ0n) is 13.2. The van der Waals surface area contributed by atoms with Crippen molar-refractivity contribution in [3.63, 3.8) is 0 Å². The van der Waals surface area contributed by atoms with Crippen LogP contribution in [0.5, 0.6) is 5.75 Å². The van der Waals surface area contributed by atoms with E-state index in [9.17, 15) is 0 Å². The van der Waals surface area contributed by atoms with Gasteiger partial charge in [-0.15, -0.1) is 0 Å². The Bertz CT molecular complexity index is 543. The van der Waals surface area contributed by atoms with Crippen molar-refractivity contribution in [2.75, 3.05) is 12.3 Å². The fourth-order valence-electron chi connectivity index (χ4n) is 2.29. The first-order valence-electron chi connectivity index (χ1n) is 7.64. The van der Waals surface area contributed by atoms with Crippen molar-refractivity contribution < 1.29 is 4.74 Å². The highest BCUT2D eigenvalue weighted by Crippen LogP contribution is 2.22. The molecule has 2 N–H and O–H groups in total. The summed E-state index contributed by atoms with van der Waals surface area (Å²) in [5.74, 6) is 1.98. The molecule has 0 fully saturated rings. The Labute approximate surface area is 127 Å². The summed E-state index contributed by atoms with van der Waals surface area (Å²) in [5, 5.41) is 0. The molecule has 0 aliphatic heterocycles. The average Bonchev–Trinajstić information content (AvgIpc) is 2.48. The Balaban J connectivity index is 1.82. The molecular weight excluding hydrogens is 258 g/mol. The lowest BCUT2D eigenvalue weighted by molar-refractivity contribution is 0.300. The van der Waals surface area contributed by atoms with Crippen molar-refractivity contribution in [3.8, 4) is 5.75 Å². The van der Waals surface area contributed by atoms with Crippen LogP contribution in [0.1, 0.15) is 50.2 Å². The second-order valence-electron chi connectivity index (χ2n) is 5.93. The highest BCUT2D eigenvalue weighted by Gasteiger charge is 2.06. The van der Waals surface area contributed by atoms with Crippen LogP contribution in [0.25, 0.3) is 0 Å². The minimum absolute atomic E-state index is 0.473. The molecule has 0 bridgehead atoms. The van der Waals surface area contributed by atoms with E-state index in [1.54, 1.807) is 0 Å². The molecular formula is C19H25NO. The van der Waals surface area contributed by atoms with Gasteiger partial charge in [0.15, 0.2) is 0 Å². The van der Waals surface area contributed by atoms with E-state index in [4.69, 9.17) is 10.5 Å².